The van der Waals surface area contributed by atoms with Crippen molar-refractivity contribution >= 4 is 11.8 Å². The van der Waals surface area contributed by atoms with Crippen molar-refractivity contribution in [1.82, 2.24) is 15.1 Å². The van der Waals surface area contributed by atoms with Gasteiger partial charge in [0, 0.05) is 30.0 Å². The number of hydrogen-bond donors (Lipinski definition) is 1. The zero-order valence-corrected chi connectivity index (χ0v) is 12.5. The van der Waals surface area contributed by atoms with E-state index in [-0.39, 0.29) is 0 Å². The van der Waals surface area contributed by atoms with Gasteiger partial charge in [0.2, 0.25) is 0 Å². The van der Waals surface area contributed by atoms with Gasteiger partial charge in [-0.05, 0) is 45.6 Å². The molecule has 1 fully saturated rings. The van der Waals surface area contributed by atoms with Crippen molar-refractivity contribution < 1.29 is 0 Å². The van der Waals surface area contributed by atoms with Gasteiger partial charge in [-0.25, -0.2) is 0 Å². The lowest BCUT2D eigenvalue weighted by molar-refractivity contribution is 0.479. The van der Waals surface area contributed by atoms with Crippen molar-refractivity contribution in [3.05, 3.63) is 18.0 Å². The molecule has 0 saturated carbocycles. The molecular weight excluding hydrogens is 242 g/mol. The molecule has 2 unspecified atom stereocenters. The second kappa shape index (κ2) is 6.62. The van der Waals surface area contributed by atoms with Gasteiger partial charge in [0.05, 0.1) is 5.69 Å². The van der Waals surface area contributed by atoms with Gasteiger partial charge in [0.1, 0.15) is 0 Å². The van der Waals surface area contributed by atoms with Crippen LogP contribution in [-0.4, -0.2) is 33.9 Å². The van der Waals surface area contributed by atoms with Crippen molar-refractivity contribution in [2.24, 2.45) is 0 Å². The Morgan fingerprint density at radius 2 is 2.33 bits per heavy atom. The summed E-state index contributed by atoms with van der Waals surface area (Å²) in [5, 5.41) is 8.91. The second-order valence-electron chi connectivity index (χ2n) is 5.39. The molecule has 0 spiro atoms. The summed E-state index contributed by atoms with van der Waals surface area (Å²) < 4.78 is 2.05. The van der Waals surface area contributed by atoms with Crippen LogP contribution in [0.15, 0.2) is 12.3 Å². The minimum Gasteiger partial charge on any atom is -0.316 e. The lowest BCUT2D eigenvalue weighted by Gasteiger charge is -2.29. The Bertz CT molecular complexity index is 356. The Labute approximate surface area is 115 Å². The molecular formula is C14H25N3S. The highest BCUT2D eigenvalue weighted by Gasteiger charge is 2.23. The van der Waals surface area contributed by atoms with E-state index in [1.807, 2.05) is 0 Å². The van der Waals surface area contributed by atoms with E-state index in [1.165, 1.54) is 30.7 Å². The first-order valence-corrected chi connectivity index (χ1v) is 8.08. The average Bonchev–Trinajstić information content (AvgIpc) is 2.86. The Kier molecular flexibility index (Phi) is 5.13. The van der Waals surface area contributed by atoms with Gasteiger partial charge in [-0.1, -0.05) is 6.42 Å². The number of rotatable bonds is 5. The van der Waals surface area contributed by atoms with Crippen molar-refractivity contribution in [2.75, 3.05) is 12.8 Å². The van der Waals surface area contributed by atoms with Gasteiger partial charge >= 0.3 is 0 Å². The molecule has 2 atom stereocenters. The van der Waals surface area contributed by atoms with E-state index in [1.54, 1.807) is 0 Å². The van der Waals surface area contributed by atoms with Gasteiger partial charge in [-0.15, -0.1) is 0 Å². The average molecular weight is 267 g/mol. The van der Waals surface area contributed by atoms with Gasteiger partial charge < -0.3 is 5.32 Å². The minimum absolute atomic E-state index is 0.454. The van der Waals surface area contributed by atoms with E-state index in [0.29, 0.717) is 12.1 Å². The standard InChI is InChI=1S/C14H25N3S/c1-11(2)17-8-7-12(16-17)10-13(15-3)14-6-4-5-9-18-14/h7-8,11,13-15H,4-6,9-10H2,1-3H3. The first-order valence-electron chi connectivity index (χ1n) is 7.03. The number of likely N-dealkylation sites (N-methyl/N-ethyl adjacent to an activating group) is 1. The topological polar surface area (TPSA) is 29.9 Å². The monoisotopic (exact) mass is 267 g/mol. The number of hydrogen-bond acceptors (Lipinski definition) is 3. The van der Waals surface area contributed by atoms with E-state index in [9.17, 15) is 0 Å². The lowest BCUT2D eigenvalue weighted by atomic mass is 10.0. The first-order chi connectivity index (χ1) is 8.70. The molecule has 0 aliphatic carbocycles. The molecule has 0 bridgehead atoms. The van der Waals surface area contributed by atoms with Crippen molar-refractivity contribution in [2.45, 2.75) is 56.9 Å². The molecule has 1 aromatic rings. The molecule has 4 heteroatoms. The zero-order chi connectivity index (χ0) is 13.0. The predicted octanol–water partition coefficient (Wildman–Crippen LogP) is 2.88. The molecule has 1 saturated heterocycles. The summed E-state index contributed by atoms with van der Waals surface area (Å²) in [4.78, 5) is 0. The molecule has 0 radical (unpaired) electrons. The third-order valence-electron chi connectivity index (χ3n) is 3.66. The molecule has 102 valence electrons. The van der Waals surface area contributed by atoms with Crippen LogP contribution in [0.4, 0.5) is 0 Å². The van der Waals surface area contributed by atoms with E-state index in [0.717, 1.165) is 11.7 Å². The van der Waals surface area contributed by atoms with Gasteiger partial charge in [-0.3, -0.25) is 4.68 Å². The number of nitrogens with one attached hydrogen (secondary N) is 1. The van der Waals surface area contributed by atoms with Crippen LogP contribution >= 0.6 is 11.8 Å². The summed E-state index contributed by atoms with van der Waals surface area (Å²) in [6.45, 7) is 4.34. The maximum Gasteiger partial charge on any atom is 0.0640 e. The zero-order valence-electron chi connectivity index (χ0n) is 11.7. The molecule has 2 rings (SSSR count). The molecule has 18 heavy (non-hydrogen) atoms. The fraction of sp³-hybridized carbons (Fsp3) is 0.786. The molecule has 1 N–H and O–H groups in total. The fourth-order valence-electron chi connectivity index (χ4n) is 2.50. The molecule has 1 aliphatic rings. The molecule has 3 nitrogen and oxygen atoms in total. The minimum atomic E-state index is 0.454. The third kappa shape index (κ3) is 3.51. The Morgan fingerprint density at radius 3 is 2.89 bits per heavy atom. The van der Waals surface area contributed by atoms with E-state index < -0.39 is 0 Å². The van der Waals surface area contributed by atoms with E-state index in [4.69, 9.17) is 0 Å². The summed E-state index contributed by atoms with van der Waals surface area (Å²) in [7, 11) is 2.08. The van der Waals surface area contributed by atoms with Crippen LogP contribution in [0.1, 0.15) is 44.8 Å². The van der Waals surface area contributed by atoms with Gasteiger partial charge in [0.25, 0.3) is 0 Å². The summed E-state index contributed by atoms with van der Waals surface area (Å²) in [6.07, 6.45) is 7.27. The van der Waals surface area contributed by atoms with Crippen LogP contribution < -0.4 is 5.32 Å². The van der Waals surface area contributed by atoms with Crippen LogP contribution in [0.5, 0.6) is 0 Å². The molecule has 0 amide bonds. The van der Waals surface area contributed by atoms with Crippen LogP contribution in [0.2, 0.25) is 0 Å². The highest BCUT2D eigenvalue weighted by Crippen LogP contribution is 2.28. The smallest absolute Gasteiger partial charge is 0.0640 e. The number of nitrogens with zero attached hydrogens (tertiary/aromatic N) is 2. The van der Waals surface area contributed by atoms with Crippen molar-refractivity contribution in [1.29, 1.82) is 0 Å². The molecule has 2 heterocycles. The number of thioether (sulfide) groups is 1. The SMILES string of the molecule is CNC(Cc1ccn(C(C)C)n1)C1CCCCS1. The number of aromatic nitrogens is 2. The van der Waals surface area contributed by atoms with E-state index in [2.05, 4.69) is 60.0 Å². The van der Waals surface area contributed by atoms with E-state index >= 15 is 0 Å². The maximum absolute atomic E-state index is 4.66. The highest BCUT2D eigenvalue weighted by atomic mass is 32.2. The summed E-state index contributed by atoms with van der Waals surface area (Å²) in [5.41, 5.74) is 1.22. The molecule has 1 aliphatic heterocycles. The highest BCUT2D eigenvalue weighted by molar-refractivity contribution is 8.00. The van der Waals surface area contributed by atoms with Crippen LogP contribution in [-0.2, 0) is 6.42 Å². The van der Waals surface area contributed by atoms with Gasteiger partial charge in [0.15, 0.2) is 0 Å². The van der Waals surface area contributed by atoms with Gasteiger partial charge in [-0.2, -0.15) is 16.9 Å². The summed E-state index contributed by atoms with van der Waals surface area (Å²) in [5.74, 6) is 1.32. The Hall–Kier alpha value is -0.480. The third-order valence-corrected chi connectivity index (χ3v) is 5.17. The maximum atomic E-state index is 4.66. The second-order valence-corrected chi connectivity index (χ2v) is 6.73. The quantitative estimate of drug-likeness (QED) is 0.889. The Morgan fingerprint density at radius 1 is 1.50 bits per heavy atom. The largest absolute Gasteiger partial charge is 0.316 e. The summed E-state index contributed by atoms with van der Waals surface area (Å²) in [6, 6.07) is 3.18. The summed E-state index contributed by atoms with van der Waals surface area (Å²) >= 11 is 2.13. The van der Waals surface area contributed by atoms with Crippen molar-refractivity contribution in [3.8, 4) is 0 Å². The first kappa shape index (κ1) is 13.9. The van der Waals surface area contributed by atoms with Crippen LogP contribution in [0, 0.1) is 0 Å². The van der Waals surface area contributed by atoms with Crippen molar-refractivity contribution in [3.63, 3.8) is 0 Å². The molecule has 1 aromatic heterocycles. The van der Waals surface area contributed by atoms with Crippen LogP contribution in [0.3, 0.4) is 0 Å². The Balaban J connectivity index is 1.95. The fourth-order valence-corrected chi connectivity index (χ4v) is 3.97. The molecule has 0 aromatic carbocycles. The lowest BCUT2D eigenvalue weighted by Crippen LogP contribution is -2.39. The normalized spacial score (nSPS) is 22.3. The predicted molar refractivity (Wildman–Crippen MR) is 79.3 cm³/mol. The van der Waals surface area contributed by atoms with Crippen LogP contribution in [0.25, 0.3) is 0 Å².